The zero-order valence-electron chi connectivity index (χ0n) is 17.7. The van der Waals surface area contributed by atoms with Crippen LogP contribution in [0.3, 0.4) is 0 Å². The lowest BCUT2D eigenvalue weighted by Gasteiger charge is -2.17. The number of rotatable bonds is 7. The Morgan fingerprint density at radius 2 is 1.97 bits per heavy atom. The Balaban J connectivity index is 1.64. The summed E-state index contributed by atoms with van der Waals surface area (Å²) < 4.78 is 5.60. The summed E-state index contributed by atoms with van der Waals surface area (Å²) in [5, 5.41) is 2.49. The van der Waals surface area contributed by atoms with Crippen LogP contribution in [0.2, 0.25) is 0 Å². The van der Waals surface area contributed by atoms with Crippen molar-refractivity contribution in [1.82, 2.24) is 4.90 Å². The fraction of sp³-hybridized carbons (Fsp3) is 0.208. The molecule has 0 bridgehead atoms. The molecular formula is C24H24N2O4S. The van der Waals surface area contributed by atoms with Gasteiger partial charge in [-0.1, -0.05) is 24.3 Å². The van der Waals surface area contributed by atoms with Crippen LogP contribution in [0.5, 0.6) is 5.75 Å². The third kappa shape index (κ3) is 5.44. The van der Waals surface area contributed by atoms with Gasteiger partial charge in [0.05, 0.1) is 10.9 Å². The molecule has 0 spiro atoms. The van der Waals surface area contributed by atoms with Crippen LogP contribution in [0, 0.1) is 13.8 Å². The number of thioether (sulfide) groups is 1. The summed E-state index contributed by atoms with van der Waals surface area (Å²) in [6.45, 7) is 9.23. The monoisotopic (exact) mass is 436 g/mol. The third-order valence-corrected chi connectivity index (χ3v) is 5.77. The molecule has 2 aromatic carbocycles. The summed E-state index contributed by atoms with van der Waals surface area (Å²) >= 11 is 0.894. The molecule has 1 heterocycles. The van der Waals surface area contributed by atoms with Crippen molar-refractivity contribution in [1.29, 1.82) is 0 Å². The molecule has 0 radical (unpaired) electrons. The molecule has 1 N–H and O–H groups in total. The maximum Gasteiger partial charge on any atom is 0.294 e. The van der Waals surface area contributed by atoms with Gasteiger partial charge in [0.2, 0.25) is 0 Å². The second kappa shape index (κ2) is 9.66. The Hall–Kier alpha value is -3.32. The van der Waals surface area contributed by atoms with Crippen LogP contribution in [0.4, 0.5) is 10.5 Å². The van der Waals surface area contributed by atoms with Crippen molar-refractivity contribution < 1.29 is 19.1 Å². The van der Waals surface area contributed by atoms with Crippen molar-refractivity contribution in [2.45, 2.75) is 26.8 Å². The van der Waals surface area contributed by atoms with Gasteiger partial charge in [-0.15, -0.1) is 6.58 Å². The molecular weight excluding hydrogens is 412 g/mol. The molecule has 7 heteroatoms. The van der Waals surface area contributed by atoms with Crippen LogP contribution >= 0.6 is 11.8 Å². The zero-order valence-corrected chi connectivity index (χ0v) is 18.5. The fourth-order valence-electron chi connectivity index (χ4n) is 2.95. The minimum Gasteiger partial charge on any atom is -0.484 e. The van der Waals surface area contributed by atoms with Crippen molar-refractivity contribution in [3.63, 3.8) is 0 Å². The number of imide groups is 1. The molecule has 1 aliphatic rings. The molecule has 3 amide bonds. The number of ether oxygens (including phenoxy) is 1. The highest BCUT2D eigenvalue weighted by molar-refractivity contribution is 8.18. The van der Waals surface area contributed by atoms with Crippen LogP contribution < -0.4 is 10.1 Å². The molecule has 0 aromatic heterocycles. The lowest BCUT2D eigenvalue weighted by molar-refractivity contribution is -0.123. The highest BCUT2D eigenvalue weighted by atomic mass is 32.2. The lowest BCUT2D eigenvalue weighted by Crippen LogP contribution is -2.35. The SMILES string of the molecule is C=C[C@@H](C)N1C(=O)S/C(=C\c2cccc(OCC(=O)Nc3ccc(C)c(C)c3)c2)C1=O. The molecule has 0 saturated carbocycles. The van der Waals surface area contributed by atoms with Gasteiger partial charge in [0.15, 0.2) is 6.61 Å². The molecule has 6 nitrogen and oxygen atoms in total. The normalized spacial score (nSPS) is 15.8. The Kier molecular flexibility index (Phi) is 6.97. The molecule has 1 atom stereocenters. The van der Waals surface area contributed by atoms with E-state index in [4.69, 9.17) is 4.74 Å². The van der Waals surface area contributed by atoms with E-state index >= 15 is 0 Å². The highest BCUT2D eigenvalue weighted by Gasteiger charge is 2.37. The zero-order chi connectivity index (χ0) is 22.5. The number of amides is 3. The van der Waals surface area contributed by atoms with Gasteiger partial charge in [0.1, 0.15) is 5.75 Å². The third-order valence-electron chi connectivity index (χ3n) is 4.89. The van der Waals surface area contributed by atoms with E-state index in [1.807, 2.05) is 32.0 Å². The van der Waals surface area contributed by atoms with E-state index in [0.29, 0.717) is 16.2 Å². The summed E-state index contributed by atoms with van der Waals surface area (Å²) in [5.74, 6) is -0.127. The number of hydrogen-bond acceptors (Lipinski definition) is 5. The van der Waals surface area contributed by atoms with Gasteiger partial charge in [-0.3, -0.25) is 19.3 Å². The van der Waals surface area contributed by atoms with Gasteiger partial charge < -0.3 is 10.1 Å². The second-order valence-corrected chi connectivity index (χ2v) is 8.23. The average Bonchev–Trinajstić information content (AvgIpc) is 3.02. The number of hydrogen-bond donors (Lipinski definition) is 1. The summed E-state index contributed by atoms with van der Waals surface area (Å²) in [5.41, 5.74) is 3.67. The van der Waals surface area contributed by atoms with E-state index in [-0.39, 0.29) is 29.7 Å². The van der Waals surface area contributed by atoms with E-state index in [9.17, 15) is 14.4 Å². The van der Waals surface area contributed by atoms with Gasteiger partial charge in [-0.2, -0.15) is 0 Å². The molecule has 3 rings (SSSR count). The predicted octanol–water partition coefficient (Wildman–Crippen LogP) is 4.93. The van der Waals surface area contributed by atoms with Crippen LogP contribution in [0.15, 0.2) is 60.0 Å². The fourth-order valence-corrected chi connectivity index (χ4v) is 3.86. The van der Waals surface area contributed by atoms with E-state index < -0.39 is 0 Å². The minimum atomic E-state index is -0.371. The molecule has 0 unspecified atom stereocenters. The summed E-state index contributed by atoms with van der Waals surface area (Å²) in [4.78, 5) is 38.4. The summed E-state index contributed by atoms with van der Waals surface area (Å²) in [6.07, 6.45) is 3.19. The maximum absolute atomic E-state index is 12.5. The van der Waals surface area contributed by atoms with Crippen molar-refractivity contribution in [2.24, 2.45) is 0 Å². The smallest absolute Gasteiger partial charge is 0.294 e. The van der Waals surface area contributed by atoms with E-state index in [0.717, 1.165) is 28.6 Å². The van der Waals surface area contributed by atoms with Crippen LogP contribution in [-0.4, -0.2) is 34.6 Å². The number of aryl methyl sites for hydroxylation is 2. The predicted molar refractivity (Wildman–Crippen MR) is 124 cm³/mol. The lowest BCUT2D eigenvalue weighted by atomic mass is 10.1. The number of nitrogens with one attached hydrogen (secondary N) is 1. The van der Waals surface area contributed by atoms with E-state index in [1.165, 1.54) is 4.90 Å². The second-order valence-electron chi connectivity index (χ2n) is 7.24. The molecule has 31 heavy (non-hydrogen) atoms. The molecule has 0 aliphatic carbocycles. The number of anilines is 1. The van der Waals surface area contributed by atoms with Crippen LogP contribution in [-0.2, 0) is 9.59 Å². The van der Waals surface area contributed by atoms with Gasteiger partial charge in [0.25, 0.3) is 17.1 Å². The first kappa shape index (κ1) is 22.4. The highest BCUT2D eigenvalue weighted by Crippen LogP contribution is 2.34. The average molecular weight is 437 g/mol. The topological polar surface area (TPSA) is 75.7 Å². The number of nitrogens with zero attached hydrogens (tertiary/aromatic N) is 1. The Morgan fingerprint density at radius 3 is 2.68 bits per heavy atom. The van der Waals surface area contributed by atoms with Gasteiger partial charge in [0, 0.05) is 5.69 Å². The molecule has 160 valence electrons. The summed E-state index contributed by atoms with van der Waals surface area (Å²) in [7, 11) is 0. The van der Waals surface area contributed by atoms with Crippen molar-refractivity contribution in [3.8, 4) is 5.75 Å². The Morgan fingerprint density at radius 1 is 1.19 bits per heavy atom. The molecule has 2 aromatic rings. The summed E-state index contributed by atoms with van der Waals surface area (Å²) in [6, 6.07) is 12.3. The Bertz CT molecular complexity index is 1080. The van der Waals surface area contributed by atoms with Crippen molar-refractivity contribution in [2.75, 3.05) is 11.9 Å². The minimum absolute atomic E-state index is 0.149. The Labute approximate surface area is 186 Å². The standard InChI is InChI=1S/C24H24N2O4S/c1-5-17(4)26-23(28)21(31-24(26)29)13-18-7-6-8-20(12-18)30-14-22(27)25-19-10-9-15(2)16(3)11-19/h5-13,17H,1,14H2,2-4H3,(H,25,27)/b21-13-/t17-/m1/s1. The number of carbonyl (C=O) groups is 3. The quantitative estimate of drug-likeness (QED) is 0.492. The first-order valence-electron chi connectivity index (χ1n) is 9.78. The van der Waals surface area contributed by atoms with Gasteiger partial charge in [-0.05, 0) is 79.6 Å². The number of carbonyl (C=O) groups excluding carboxylic acids is 3. The maximum atomic E-state index is 12.5. The molecule has 1 saturated heterocycles. The number of benzene rings is 2. The molecule has 1 aliphatic heterocycles. The van der Waals surface area contributed by atoms with Crippen molar-refractivity contribution >= 4 is 40.6 Å². The van der Waals surface area contributed by atoms with Gasteiger partial charge >= 0.3 is 0 Å². The largest absolute Gasteiger partial charge is 0.484 e. The first-order chi connectivity index (χ1) is 14.8. The van der Waals surface area contributed by atoms with Crippen LogP contribution in [0.1, 0.15) is 23.6 Å². The van der Waals surface area contributed by atoms with Crippen LogP contribution in [0.25, 0.3) is 6.08 Å². The van der Waals surface area contributed by atoms with Gasteiger partial charge in [-0.25, -0.2) is 0 Å². The van der Waals surface area contributed by atoms with E-state index in [2.05, 4.69) is 11.9 Å². The van der Waals surface area contributed by atoms with E-state index in [1.54, 1.807) is 43.3 Å². The molecule has 1 fully saturated rings. The first-order valence-corrected chi connectivity index (χ1v) is 10.6. The van der Waals surface area contributed by atoms with Crippen molar-refractivity contribution in [3.05, 3.63) is 76.7 Å².